The van der Waals surface area contributed by atoms with E-state index >= 15 is 0 Å². The van der Waals surface area contributed by atoms with Crippen LogP contribution in [0.4, 0.5) is 0 Å². The van der Waals surface area contributed by atoms with Crippen molar-refractivity contribution in [2.45, 2.75) is 11.7 Å². The molecule has 1 aromatic heterocycles. The lowest BCUT2D eigenvalue weighted by atomic mass is 10.2. The van der Waals surface area contributed by atoms with Crippen LogP contribution in [-0.4, -0.2) is 42.9 Å². The highest BCUT2D eigenvalue weighted by Crippen LogP contribution is 2.18. The fourth-order valence-electron chi connectivity index (χ4n) is 2.15. The van der Waals surface area contributed by atoms with Gasteiger partial charge in [0.1, 0.15) is 0 Å². The third kappa shape index (κ3) is 4.45. The van der Waals surface area contributed by atoms with Crippen molar-refractivity contribution in [2.75, 3.05) is 5.75 Å². The van der Waals surface area contributed by atoms with Crippen LogP contribution in [0.15, 0.2) is 59.8 Å². The number of aromatic nitrogens is 4. The van der Waals surface area contributed by atoms with E-state index in [9.17, 15) is 9.59 Å². The molecule has 2 N–H and O–H groups in total. The number of nitrogens with one attached hydrogen (secondary N) is 1. The van der Waals surface area contributed by atoms with Crippen LogP contribution in [-0.2, 0) is 11.3 Å². The number of hydrogen-bond acceptors (Lipinski definition) is 6. The van der Waals surface area contributed by atoms with Crippen LogP contribution >= 0.6 is 11.8 Å². The van der Waals surface area contributed by atoms with Crippen molar-refractivity contribution in [3.05, 3.63) is 65.7 Å². The number of carbonyl (C=O) groups is 2. The summed E-state index contributed by atoms with van der Waals surface area (Å²) in [5.41, 5.74) is 1.82. The van der Waals surface area contributed by atoms with Gasteiger partial charge in [-0.25, -0.2) is 4.79 Å². The van der Waals surface area contributed by atoms with E-state index in [0.717, 1.165) is 5.56 Å². The summed E-state index contributed by atoms with van der Waals surface area (Å²) in [6, 6.07) is 15.8. The number of carboxylic acid groups (broad SMARTS) is 1. The number of carbonyl (C=O) groups excluding carboxylic acids is 1. The second-order valence-electron chi connectivity index (χ2n) is 5.28. The average Bonchev–Trinajstić information content (AvgIpc) is 3.14. The third-order valence-electron chi connectivity index (χ3n) is 3.46. The molecule has 0 spiro atoms. The molecule has 132 valence electrons. The zero-order valence-corrected chi connectivity index (χ0v) is 14.4. The molecule has 0 aliphatic carbocycles. The summed E-state index contributed by atoms with van der Waals surface area (Å²) in [4.78, 5) is 22.9. The minimum atomic E-state index is -1.00. The zero-order chi connectivity index (χ0) is 18.4. The van der Waals surface area contributed by atoms with Crippen LogP contribution in [0.3, 0.4) is 0 Å². The number of carboxylic acids is 1. The normalized spacial score (nSPS) is 10.5. The summed E-state index contributed by atoms with van der Waals surface area (Å²) in [5.74, 6) is -0.965. The molecule has 0 fully saturated rings. The SMILES string of the molecule is O=C(CSc1nnnn1-c1ccc(C(=O)O)cc1)NCc1ccccc1. The molecule has 0 aliphatic rings. The molecule has 26 heavy (non-hydrogen) atoms. The Bertz CT molecular complexity index is 896. The van der Waals surface area contributed by atoms with Gasteiger partial charge in [-0.1, -0.05) is 42.1 Å². The molecule has 0 saturated heterocycles. The van der Waals surface area contributed by atoms with Crippen LogP contribution in [0.1, 0.15) is 15.9 Å². The smallest absolute Gasteiger partial charge is 0.335 e. The Hall–Kier alpha value is -3.20. The molecular weight excluding hydrogens is 354 g/mol. The molecule has 0 atom stereocenters. The number of rotatable bonds is 7. The van der Waals surface area contributed by atoms with Gasteiger partial charge < -0.3 is 10.4 Å². The lowest BCUT2D eigenvalue weighted by Gasteiger charge is -2.06. The summed E-state index contributed by atoms with van der Waals surface area (Å²) in [7, 11) is 0. The molecule has 8 nitrogen and oxygen atoms in total. The monoisotopic (exact) mass is 369 g/mol. The number of thioether (sulfide) groups is 1. The summed E-state index contributed by atoms with van der Waals surface area (Å²) in [6.45, 7) is 0.460. The van der Waals surface area contributed by atoms with E-state index in [1.165, 1.54) is 28.6 Å². The van der Waals surface area contributed by atoms with Gasteiger partial charge in [0.05, 0.1) is 17.0 Å². The first-order chi connectivity index (χ1) is 12.6. The summed E-state index contributed by atoms with van der Waals surface area (Å²) in [5, 5.41) is 23.6. The number of aromatic carboxylic acids is 1. The topological polar surface area (TPSA) is 110 Å². The van der Waals surface area contributed by atoms with Gasteiger partial charge in [0.25, 0.3) is 0 Å². The predicted molar refractivity (Wildman–Crippen MR) is 95.1 cm³/mol. The fraction of sp³-hybridized carbons (Fsp3) is 0.118. The lowest BCUT2D eigenvalue weighted by Crippen LogP contribution is -2.24. The van der Waals surface area contributed by atoms with Gasteiger partial charge in [-0.2, -0.15) is 4.68 Å². The maximum Gasteiger partial charge on any atom is 0.335 e. The van der Waals surface area contributed by atoms with Crippen molar-refractivity contribution in [2.24, 2.45) is 0 Å². The van der Waals surface area contributed by atoms with Crippen LogP contribution < -0.4 is 5.32 Å². The molecule has 9 heteroatoms. The van der Waals surface area contributed by atoms with Gasteiger partial charge in [-0.15, -0.1) is 5.10 Å². The van der Waals surface area contributed by atoms with Gasteiger partial charge in [0.2, 0.25) is 11.1 Å². The number of nitrogens with zero attached hydrogens (tertiary/aromatic N) is 4. The van der Waals surface area contributed by atoms with E-state index in [-0.39, 0.29) is 17.2 Å². The second kappa shape index (κ2) is 8.26. The standard InChI is InChI=1S/C17H15N5O3S/c23-15(18-10-12-4-2-1-3-5-12)11-26-17-19-20-21-22(17)14-8-6-13(7-9-14)16(24)25/h1-9H,10-11H2,(H,18,23)(H,24,25). The Morgan fingerprint density at radius 3 is 2.50 bits per heavy atom. The first kappa shape index (κ1) is 17.6. The molecule has 1 heterocycles. The van der Waals surface area contributed by atoms with Crippen LogP contribution in [0.2, 0.25) is 0 Å². The first-order valence-electron chi connectivity index (χ1n) is 7.69. The Labute approximate surface area is 153 Å². The van der Waals surface area contributed by atoms with Gasteiger partial charge in [0, 0.05) is 6.54 Å². The van der Waals surface area contributed by atoms with E-state index in [1.807, 2.05) is 30.3 Å². The van der Waals surface area contributed by atoms with Gasteiger partial charge in [0.15, 0.2) is 0 Å². The molecule has 0 aliphatic heterocycles. The maximum absolute atomic E-state index is 12.0. The highest BCUT2D eigenvalue weighted by atomic mass is 32.2. The minimum absolute atomic E-state index is 0.130. The highest BCUT2D eigenvalue weighted by molar-refractivity contribution is 7.99. The Kier molecular flexibility index (Phi) is 5.59. The van der Waals surface area contributed by atoms with E-state index < -0.39 is 5.97 Å². The van der Waals surface area contributed by atoms with E-state index in [2.05, 4.69) is 20.8 Å². The van der Waals surface area contributed by atoms with Crippen LogP contribution in [0.5, 0.6) is 0 Å². The van der Waals surface area contributed by atoms with Crippen molar-refractivity contribution in [1.29, 1.82) is 0 Å². The second-order valence-corrected chi connectivity index (χ2v) is 6.22. The first-order valence-corrected chi connectivity index (χ1v) is 8.67. The third-order valence-corrected chi connectivity index (χ3v) is 4.38. The summed E-state index contributed by atoms with van der Waals surface area (Å²) < 4.78 is 1.46. The Morgan fingerprint density at radius 1 is 1.08 bits per heavy atom. The molecule has 0 bridgehead atoms. The van der Waals surface area contributed by atoms with Crippen molar-refractivity contribution in [3.8, 4) is 5.69 Å². The van der Waals surface area contributed by atoms with Gasteiger partial charge in [-0.05, 0) is 40.3 Å². The summed E-state index contributed by atoms with van der Waals surface area (Å²) >= 11 is 1.20. The molecule has 1 amide bonds. The van der Waals surface area contributed by atoms with Gasteiger partial charge in [-0.3, -0.25) is 4.79 Å². The van der Waals surface area contributed by atoms with E-state index in [4.69, 9.17) is 5.11 Å². The number of tetrazole rings is 1. The summed E-state index contributed by atoms with van der Waals surface area (Å²) in [6.07, 6.45) is 0. The molecular formula is C17H15N5O3S. The average molecular weight is 369 g/mol. The Morgan fingerprint density at radius 2 is 1.81 bits per heavy atom. The minimum Gasteiger partial charge on any atom is -0.478 e. The van der Waals surface area contributed by atoms with Crippen LogP contribution in [0.25, 0.3) is 5.69 Å². The van der Waals surface area contributed by atoms with Crippen molar-refractivity contribution in [3.63, 3.8) is 0 Å². The molecule has 2 aromatic carbocycles. The number of amides is 1. The highest BCUT2D eigenvalue weighted by Gasteiger charge is 2.12. The molecule has 0 saturated carbocycles. The molecule has 3 rings (SSSR count). The van der Waals surface area contributed by atoms with Crippen molar-refractivity contribution in [1.82, 2.24) is 25.5 Å². The molecule has 0 unspecified atom stereocenters. The van der Waals surface area contributed by atoms with E-state index in [0.29, 0.717) is 17.4 Å². The van der Waals surface area contributed by atoms with Crippen LogP contribution in [0, 0.1) is 0 Å². The zero-order valence-electron chi connectivity index (χ0n) is 13.6. The largest absolute Gasteiger partial charge is 0.478 e. The van der Waals surface area contributed by atoms with Crippen molar-refractivity contribution >= 4 is 23.6 Å². The lowest BCUT2D eigenvalue weighted by molar-refractivity contribution is -0.118. The van der Waals surface area contributed by atoms with Crippen molar-refractivity contribution < 1.29 is 14.7 Å². The number of benzene rings is 2. The molecule has 0 radical (unpaired) electrons. The quantitative estimate of drug-likeness (QED) is 0.611. The molecule has 3 aromatic rings. The fourth-order valence-corrected chi connectivity index (χ4v) is 2.87. The van der Waals surface area contributed by atoms with Gasteiger partial charge >= 0.3 is 5.97 Å². The predicted octanol–water partition coefficient (Wildman–Crippen LogP) is 1.77. The number of hydrogen-bond donors (Lipinski definition) is 2. The maximum atomic E-state index is 12.0. The Balaban J connectivity index is 1.58. The van der Waals surface area contributed by atoms with E-state index in [1.54, 1.807) is 12.1 Å².